The van der Waals surface area contributed by atoms with E-state index in [0.717, 1.165) is 24.0 Å². The van der Waals surface area contributed by atoms with Crippen LogP contribution in [0.5, 0.6) is 5.75 Å². The third kappa shape index (κ3) is 7.74. The summed E-state index contributed by atoms with van der Waals surface area (Å²) in [5.74, 6) is 1.55. The van der Waals surface area contributed by atoms with Gasteiger partial charge < -0.3 is 4.74 Å². The van der Waals surface area contributed by atoms with Crippen molar-refractivity contribution < 1.29 is 18.3 Å². The van der Waals surface area contributed by atoms with Crippen LogP contribution >= 0.6 is 12.6 Å². The van der Waals surface area contributed by atoms with Gasteiger partial charge in [-0.2, -0.15) is 12.6 Å². The number of thiol groups is 1. The van der Waals surface area contributed by atoms with E-state index in [1.165, 1.54) is 25.0 Å². The van der Waals surface area contributed by atoms with Crippen molar-refractivity contribution in [2.45, 2.75) is 39.2 Å². The van der Waals surface area contributed by atoms with Crippen LogP contribution in [0.3, 0.4) is 0 Å². The molecule has 1 saturated carbocycles. The Kier molecular flexibility index (Phi) is 11.4. The van der Waals surface area contributed by atoms with Gasteiger partial charge in [-0.1, -0.05) is 66.9 Å². The highest BCUT2D eigenvalue weighted by Gasteiger charge is 2.20. The summed E-state index contributed by atoms with van der Waals surface area (Å²) >= 11 is 3.53. The number of carbonyl (C=O) groups excluding carboxylic acids is 1. The maximum atomic E-state index is 14.2. The normalized spacial score (nSPS) is 12.5. The number of ether oxygens (including phenoxy) is 1. The molecule has 0 amide bonds. The Morgan fingerprint density at radius 1 is 0.971 bits per heavy atom. The second kappa shape index (κ2) is 14.2. The summed E-state index contributed by atoms with van der Waals surface area (Å²) in [6, 6.07) is 18.8. The van der Waals surface area contributed by atoms with Crippen molar-refractivity contribution in [1.29, 1.82) is 0 Å². The first-order valence-corrected chi connectivity index (χ1v) is 12.1. The van der Waals surface area contributed by atoms with Gasteiger partial charge in [0.05, 0.1) is 0 Å². The van der Waals surface area contributed by atoms with E-state index in [-0.39, 0.29) is 24.1 Å². The minimum absolute atomic E-state index is 0.00694. The number of Topliss-reactive ketones (excluding diaryl/α,β-unsaturated/α-hetero) is 1. The Morgan fingerprint density at radius 3 is 2.29 bits per heavy atom. The number of para-hydroxylation sites is 1. The van der Waals surface area contributed by atoms with E-state index in [1.54, 1.807) is 30.5 Å². The number of benzene rings is 3. The molecule has 3 aromatic rings. The molecule has 34 heavy (non-hydrogen) atoms. The molecule has 0 bridgehead atoms. The van der Waals surface area contributed by atoms with E-state index in [2.05, 4.69) is 18.5 Å². The molecule has 0 spiro atoms. The van der Waals surface area contributed by atoms with Gasteiger partial charge in [0.25, 0.3) is 0 Å². The van der Waals surface area contributed by atoms with Gasteiger partial charge in [0.1, 0.15) is 12.4 Å². The lowest BCUT2D eigenvalue weighted by molar-refractivity contribution is -0.117. The molecule has 0 radical (unpaired) electrons. The SMILES string of the molecule is C#CC(=O)C1CCCC1.CS.Cc1ccc(F)c(-c2cccc(F)c2OCc2ccccc2)c1. The molecule has 3 aromatic carbocycles. The third-order valence-electron chi connectivity index (χ3n) is 5.47. The number of aryl methyl sites for hydroxylation is 1. The fourth-order valence-electron chi connectivity index (χ4n) is 3.75. The number of ketones is 1. The first-order valence-electron chi connectivity index (χ1n) is 11.2. The summed E-state index contributed by atoms with van der Waals surface area (Å²) < 4.78 is 34.0. The summed E-state index contributed by atoms with van der Waals surface area (Å²) in [6.07, 6.45) is 11.0. The van der Waals surface area contributed by atoms with Gasteiger partial charge >= 0.3 is 0 Å². The summed E-state index contributed by atoms with van der Waals surface area (Å²) in [5.41, 5.74) is 2.58. The van der Waals surface area contributed by atoms with Crippen molar-refractivity contribution in [3.63, 3.8) is 0 Å². The van der Waals surface area contributed by atoms with Crippen LogP contribution in [-0.2, 0) is 11.4 Å². The second-order valence-electron chi connectivity index (χ2n) is 7.86. The van der Waals surface area contributed by atoms with Crippen molar-refractivity contribution in [1.82, 2.24) is 0 Å². The number of terminal acetylenes is 1. The number of hydrogen-bond acceptors (Lipinski definition) is 3. The molecule has 0 saturated heterocycles. The van der Waals surface area contributed by atoms with E-state index in [9.17, 15) is 13.6 Å². The number of carbonyl (C=O) groups is 1. The van der Waals surface area contributed by atoms with E-state index < -0.39 is 11.6 Å². The highest BCUT2D eigenvalue weighted by molar-refractivity contribution is 7.79. The lowest BCUT2D eigenvalue weighted by atomic mass is 10.0. The lowest BCUT2D eigenvalue weighted by Gasteiger charge is -2.14. The van der Waals surface area contributed by atoms with Crippen LogP contribution in [0.25, 0.3) is 11.1 Å². The highest BCUT2D eigenvalue weighted by Crippen LogP contribution is 2.35. The van der Waals surface area contributed by atoms with E-state index in [0.29, 0.717) is 11.1 Å². The predicted octanol–water partition coefficient (Wildman–Crippen LogP) is 7.44. The molecular formula is C29H30F2O2S. The Balaban J connectivity index is 0.000000311. The van der Waals surface area contributed by atoms with Crippen molar-refractivity contribution in [3.8, 4) is 29.2 Å². The van der Waals surface area contributed by atoms with Crippen LogP contribution in [0.15, 0.2) is 66.7 Å². The van der Waals surface area contributed by atoms with E-state index >= 15 is 0 Å². The highest BCUT2D eigenvalue weighted by atomic mass is 32.1. The standard InChI is InChI=1S/C20H16F2O.C8H10O.CH4S/c1-14-10-11-18(21)17(12-14)16-8-5-9-19(22)20(16)23-13-15-6-3-2-4-7-15;1-2-8(9)7-5-3-4-6-7;1-2/h2-12H,13H2,1H3;1,7H,3-6H2;2H,1H3. The summed E-state index contributed by atoms with van der Waals surface area (Å²) in [5, 5.41) is 0. The van der Waals surface area contributed by atoms with E-state index in [4.69, 9.17) is 11.2 Å². The molecular weight excluding hydrogens is 450 g/mol. The van der Waals surface area contributed by atoms with Gasteiger partial charge in [-0.05, 0) is 55.7 Å². The topological polar surface area (TPSA) is 26.3 Å². The molecule has 2 nitrogen and oxygen atoms in total. The Morgan fingerprint density at radius 2 is 1.65 bits per heavy atom. The molecule has 0 aromatic heterocycles. The molecule has 1 aliphatic rings. The van der Waals surface area contributed by atoms with Gasteiger partial charge in [-0.15, -0.1) is 6.42 Å². The van der Waals surface area contributed by atoms with Crippen LogP contribution < -0.4 is 4.74 Å². The largest absolute Gasteiger partial charge is 0.485 e. The molecule has 4 rings (SSSR count). The molecule has 5 heteroatoms. The summed E-state index contributed by atoms with van der Waals surface area (Å²) in [4.78, 5) is 10.8. The average molecular weight is 481 g/mol. The number of hydrogen-bond donors (Lipinski definition) is 1. The van der Waals surface area contributed by atoms with Crippen molar-refractivity contribution in [3.05, 3.63) is 89.5 Å². The summed E-state index contributed by atoms with van der Waals surface area (Å²) in [6.45, 7) is 2.09. The van der Waals surface area contributed by atoms with Gasteiger partial charge in [0.2, 0.25) is 5.78 Å². The first kappa shape index (κ1) is 27.1. The van der Waals surface area contributed by atoms with Crippen molar-refractivity contribution >= 4 is 18.4 Å². The zero-order valence-corrected chi connectivity index (χ0v) is 20.5. The fourth-order valence-corrected chi connectivity index (χ4v) is 3.75. The predicted molar refractivity (Wildman–Crippen MR) is 138 cm³/mol. The molecule has 0 aliphatic heterocycles. The first-order chi connectivity index (χ1) is 16.5. The molecule has 0 atom stereocenters. The fraction of sp³-hybridized carbons (Fsp3) is 0.276. The van der Waals surface area contributed by atoms with Crippen LogP contribution in [0.4, 0.5) is 8.78 Å². The van der Waals surface area contributed by atoms with Crippen LogP contribution in [0, 0.1) is 36.8 Å². The minimum atomic E-state index is -0.501. The molecule has 1 aliphatic carbocycles. The Bertz CT molecular complexity index is 1100. The van der Waals surface area contributed by atoms with Crippen molar-refractivity contribution in [2.24, 2.45) is 5.92 Å². The average Bonchev–Trinajstić information content (AvgIpc) is 3.42. The maximum absolute atomic E-state index is 14.2. The number of rotatable bonds is 5. The lowest BCUT2D eigenvalue weighted by Crippen LogP contribution is -2.06. The van der Waals surface area contributed by atoms with Crippen LogP contribution in [0.2, 0.25) is 0 Å². The Hall–Kier alpha value is -3.10. The number of halogens is 2. The maximum Gasteiger partial charge on any atom is 0.208 e. The van der Waals surface area contributed by atoms with Crippen LogP contribution in [-0.4, -0.2) is 12.0 Å². The summed E-state index contributed by atoms with van der Waals surface area (Å²) in [7, 11) is 0. The van der Waals surface area contributed by atoms with Gasteiger partial charge in [0, 0.05) is 17.0 Å². The van der Waals surface area contributed by atoms with Gasteiger partial charge in [0.15, 0.2) is 11.6 Å². The van der Waals surface area contributed by atoms with Crippen molar-refractivity contribution in [2.75, 3.05) is 6.26 Å². The smallest absolute Gasteiger partial charge is 0.208 e. The molecule has 0 heterocycles. The Labute approximate surface area is 206 Å². The monoisotopic (exact) mass is 480 g/mol. The molecule has 178 valence electrons. The van der Waals surface area contributed by atoms with Crippen LogP contribution in [0.1, 0.15) is 36.8 Å². The molecule has 0 unspecified atom stereocenters. The minimum Gasteiger partial charge on any atom is -0.485 e. The zero-order chi connectivity index (χ0) is 24.9. The zero-order valence-electron chi connectivity index (χ0n) is 19.6. The second-order valence-corrected chi connectivity index (χ2v) is 7.86. The van der Waals surface area contributed by atoms with Gasteiger partial charge in [-0.3, -0.25) is 4.79 Å². The molecule has 1 fully saturated rings. The van der Waals surface area contributed by atoms with Gasteiger partial charge in [-0.25, -0.2) is 8.78 Å². The molecule has 0 N–H and O–H groups in total. The van der Waals surface area contributed by atoms with E-state index in [1.807, 2.05) is 37.3 Å². The third-order valence-corrected chi connectivity index (χ3v) is 5.47. The quantitative estimate of drug-likeness (QED) is 0.233.